The van der Waals surface area contributed by atoms with E-state index in [1.165, 1.54) is 12.5 Å². The van der Waals surface area contributed by atoms with E-state index in [9.17, 15) is 13.2 Å². The van der Waals surface area contributed by atoms with Crippen LogP contribution < -0.4 is 10.5 Å². The second kappa shape index (κ2) is 6.73. The van der Waals surface area contributed by atoms with Gasteiger partial charge in [-0.15, -0.1) is 0 Å². The molecule has 2 heterocycles. The van der Waals surface area contributed by atoms with Gasteiger partial charge in [0.1, 0.15) is 6.26 Å². The van der Waals surface area contributed by atoms with Crippen LogP contribution in [0.5, 0.6) is 0 Å². The molecule has 3 N–H and O–H groups in total. The number of hydrogen-bond acceptors (Lipinski definition) is 7. The Labute approximate surface area is 138 Å². The molecule has 130 valence electrons. The van der Waals surface area contributed by atoms with Gasteiger partial charge in [0, 0.05) is 12.1 Å². The molecule has 1 amide bonds. The van der Waals surface area contributed by atoms with Crippen molar-refractivity contribution in [2.75, 3.05) is 0 Å². The zero-order chi connectivity index (χ0) is 17.2. The van der Waals surface area contributed by atoms with Gasteiger partial charge >= 0.3 is 0 Å². The van der Waals surface area contributed by atoms with Gasteiger partial charge in [-0.25, -0.2) is 13.6 Å². The summed E-state index contributed by atoms with van der Waals surface area (Å²) in [7, 11) is -3.94. The van der Waals surface area contributed by atoms with Gasteiger partial charge in [0.05, 0.1) is 12.0 Å². The molecule has 0 aliphatic heterocycles. The van der Waals surface area contributed by atoms with Gasteiger partial charge in [0.15, 0.2) is 5.82 Å². The van der Waals surface area contributed by atoms with Crippen molar-refractivity contribution < 1.29 is 22.2 Å². The molecule has 1 fully saturated rings. The molecule has 2 aromatic heterocycles. The van der Waals surface area contributed by atoms with Crippen LogP contribution in [-0.2, 0) is 21.2 Å². The van der Waals surface area contributed by atoms with E-state index in [1.807, 2.05) is 0 Å². The van der Waals surface area contributed by atoms with Crippen LogP contribution in [0.15, 0.2) is 26.4 Å². The van der Waals surface area contributed by atoms with Crippen LogP contribution in [0.25, 0.3) is 11.5 Å². The molecule has 0 saturated heterocycles. The zero-order valence-electron chi connectivity index (χ0n) is 12.9. The summed E-state index contributed by atoms with van der Waals surface area (Å²) in [5.41, 5.74) is 0.283. The van der Waals surface area contributed by atoms with Crippen LogP contribution >= 0.6 is 0 Å². The molecule has 3 rings (SSSR count). The lowest BCUT2D eigenvalue weighted by Crippen LogP contribution is -2.37. The summed E-state index contributed by atoms with van der Waals surface area (Å²) in [5, 5.41) is 11.3. The third-order valence-corrected chi connectivity index (χ3v) is 4.63. The standard InChI is InChI=1S/C14H18N4O5S/c15-24(20,21)13-6-9(8-22-13)14-17-11(18-23-14)7-12(19)16-10-4-2-1-3-5-10/h6,8,10H,1-5,7H2,(H,16,19)(H2,15,20,21). The SMILES string of the molecule is NS(=O)(=O)c1cc(-c2nc(CC(=O)NC3CCCCC3)no2)co1. The molecule has 2 aromatic rings. The van der Waals surface area contributed by atoms with Crippen molar-refractivity contribution >= 4 is 15.9 Å². The summed E-state index contributed by atoms with van der Waals surface area (Å²) in [4.78, 5) is 16.1. The summed E-state index contributed by atoms with van der Waals surface area (Å²) < 4.78 is 32.2. The van der Waals surface area contributed by atoms with Gasteiger partial charge in [-0.1, -0.05) is 24.4 Å². The number of aromatic nitrogens is 2. The highest BCUT2D eigenvalue weighted by Gasteiger charge is 2.20. The predicted molar refractivity (Wildman–Crippen MR) is 82.1 cm³/mol. The maximum absolute atomic E-state index is 12.0. The Morgan fingerprint density at radius 1 is 1.33 bits per heavy atom. The van der Waals surface area contributed by atoms with E-state index >= 15 is 0 Å². The monoisotopic (exact) mass is 354 g/mol. The maximum atomic E-state index is 12.0. The minimum atomic E-state index is -3.94. The van der Waals surface area contributed by atoms with Gasteiger partial charge in [0.25, 0.3) is 15.9 Å². The second-order valence-corrected chi connectivity index (χ2v) is 7.29. The van der Waals surface area contributed by atoms with Gasteiger partial charge in [0.2, 0.25) is 11.0 Å². The van der Waals surface area contributed by atoms with Crippen LogP contribution in [-0.4, -0.2) is 30.5 Å². The molecule has 0 unspecified atom stereocenters. The van der Waals surface area contributed by atoms with E-state index in [4.69, 9.17) is 14.1 Å². The van der Waals surface area contributed by atoms with Crippen LogP contribution in [0.3, 0.4) is 0 Å². The Morgan fingerprint density at radius 2 is 2.08 bits per heavy atom. The summed E-state index contributed by atoms with van der Waals surface area (Å²) in [6.07, 6.45) is 6.61. The van der Waals surface area contributed by atoms with Crippen molar-refractivity contribution in [3.63, 3.8) is 0 Å². The lowest BCUT2D eigenvalue weighted by molar-refractivity contribution is -0.121. The normalized spacial score (nSPS) is 16.2. The topological polar surface area (TPSA) is 141 Å². The Morgan fingerprint density at radius 3 is 2.75 bits per heavy atom. The first-order valence-electron chi connectivity index (χ1n) is 7.65. The molecule has 9 nitrogen and oxygen atoms in total. The first kappa shape index (κ1) is 16.7. The molecule has 0 atom stereocenters. The Hall–Kier alpha value is -2.20. The van der Waals surface area contributed by atoms with Gasteiger partial charge < -0.3 is 14.3 Å². The quantitative estimate of drug-likeness (QED) is 0.814. The number of furan rings is 1. The summed E-state index contributed by atoms with van der Waals surface area (Å²) in [5.74, 6) is 0.123. The molecular weight excluding hydrogens is 336 g/mol. The minimum absolute atomic E-state index is 0.000103. The number of hydrogen-bond donors (Lipinski definition) is 2. The van der Waals surface area contributed by atoms with Crippen molar-refractivity contribution in [2.45, 2.75) is 49.7 Å². The molecule has 1 aliphatic rings. The molecule has 0 radical (unpaired) electrons. The first-order valence-corrected chi connectivity index (χ1v) is 9.20. The number of nitrogens with one attached hydrogen (secondary N) is 1. The van der Waals surface area contributed by atoms with Crippen LogP contribution in [0.2, 0.25) is 0 Å². The first-order chi connectivity index (χ1) is 11.4. The largest absolute Gasteiger partial charge is 0.451 e. The number of carbonyl (C=O) groups excluding carboxylic acids is 1. The van der Waals surface area contributed by atoms with Crippen LogP contribution in [0.4, 0.5) is 0 Å². The van der Waals surface area contributed by atoms with Crippen molar-refractivity contribution in [1.29, 1.82) is 0 Å². The average molecular weight is 354 g/mol. The van der Waals surface area contributed by atoms with Crippen LogP contribution in [0, 0.1) is 0 Å². The van der Waals surface area contributed by atoms with Gasteiger partial charge in [-0.3, -0.25) is 4.79 Å². The lowest BCUT2D eigenvalue weighted by Gasteiger charge is -2.22. The van der Waals surface area contributed by atoms with Crippen LogP contribution in [0.1, 0.15) is 37.9 Å². The minimum Gasteiger partial charge on any atom is -0.451 e. The molecule has 0 spiro atoms. The van der Waals surface area contributed by atoms with E-state index in [2.05, 4.69) is 15.5 Å². The van der Waals surface area contributed by atoms with Crippen molar-refractivity contribution in [3.05, 3.63) is 18.2 Å². The summed E-state index contributed by atoms with van der Waals surface area (Å²) in [6, 6.07) is 1.40. The van der Waals surface area contributed by atoms with Crippen molar-refractivity contribution in [1.82, 2.24) is 15.5 Å². The number of nitrogens with two attached hydrogens (primary N) is 1. The molecule has 0 bridgehead atoms. The smallest absolute Gasteiger partial charge is 0.271 e. The molecule has 1 aliphatic carbocycles. The number of primary sulfonamides is 1. The maximum Gasteiger partial charge on any atom is 0.271 e. The Balaban J connectivity index is 1.63. The molecule has 0 aromatic carbocycles. The number of amides is 1. The van der Waals surface area contributed by atoms with Gasteiger partial charge in [-0.2, -0.15) is 4.98 Å². The Kier molecular flexibility index (Phi) is 4.67. The lowest BCUT2D eigenvalue weighted by atomic mass is 9.95. The number of rotatable bonds is 5. The number of nitrogens with zero attached hydrogens (tertiary/aromatic N) is 2. The van der Waals surface area contributed by atoms with E-state index in [1.54, 1.807) is 0 Å². The van der Waals surface area contributed by atoms with E-state index < -0.39 is 15.1 Å². The molecule has 1 saturated carbocycles. The van der Waals surface area contributed by atoms with Gasteiger partial charge in [-0.05, 0) is 12.8 Å². The second-order valence-electron chi connectivity index (χ2n) is 5.79. The fourth-order valence-corrected chi connectivity index (χ4v) is 3.16. The third-order valence-electron chi connectivity index (χ3n) is 3.86. The Bertz CT molecular complexity index is 820. The molecule has 24 heavy (non-hydrogen) atoms. The fourth-order valence-electron chi connectivity index (χ4n) is 2.69. The number of sulfonamides is 1. The van der Waals surface area contributed by atoms with E-state index in [0.717, 1.165) is 31.9 Å². The highest BCUT2D eigenvalue weighted by Crippen LogP contribution is 2.22. The number of carbonyl (C=O) groups is 1. The molecule has 10 heteroatoms. The fraction of sp³-hybridized carbons (Fsp3) is 0.500. The molecular formula is C14H18N4O5S. The highest BCUT2D eigenvalue weighted by molar-refractivity contribution is 7.89. The van der Waals surface area contributed by atoms with E-state index in [0.29, 0.717) is 0 Å². The summed E-state index contributed by atoms with van der Waals surface area (Å²) >= 11 is 0. The van der Waals surface area contributed by atoms with E-state index in [-0.39, 0.29) is 35.6 Å². The average Bonchev–Trinajstić information content (AvgIpc) is 3.16. The predicted octanol–water partition coefficient (Wildman–Crippen LogP) is 0.968. The van der Waals surface area contributed by atoms with Crippen molar-refractivity contribution in [3.8, 4) is 11.5 Å². The zero-order valence-corrected chi connectivity index (χ0v) is 13.7. The summed E-state index contributed by atoms with van der Waals surface area (Å²) in [6.45, 7) is 0. The highest BCUT2D eigenvalue weighted by atomic mass is 32.2. The van der Waals surface area contributed by atoms with Crippen molar-refractivity contribution in [2.24, 2.45) is 5.14 Å². The third kappa shape index (κ3) is 4.01.